The molecule has 88 valence electrons. The summed E-state index contributed by atoms with van der Waals surface area (Å²) >= 11 is 0. The average molecular weight is 226 g/mol. The van der Waals surface area contributed by atoms with Gasteiger partial charge in [-0.05, 0) is 31.6 Å². The molecule has 0 bridgehead atoms. The van der Waals surface area contributed by atoms with Gasteiger partial charge in [0.05, 0.1) is 12.2 Å². The van der Waals surface area contributed by atoms with Crippen LogP contribution in [0.3, 0.4) is 0 Å². The zero-order valence-electron chi connectivity index (χ0n) is 9.59. The number of hydrogen-bond acceptors (Lipinski definition) is 1. The van der Waals surface area contributed by atoms with E-state index >= 15 is 0 Å². The Labute approximate surface area is 94.7 Å². The summed E-state index contributed by atoms with van der Waals surface area (Å²) in [4.78, 5) is 0. The van der Waals surface area contributed by atoms with Crippen molar-refractivity contribution in [3.05, 3.63) is 41.5 Å². The standard InChI is InChI=1S/C13H16F2O/c1-3-5-8-16-13(4-2)11-7-6-10(14)9-12(11)15/h4,6-7,9H,3,5,8H2,1-2H3. The fourth-order valence-electron chi connectivity index (χ4n) is 1.33. The zero-order chi connectivity index (χ0) is 12.0. The second kappa shape index (κ2) is 6.26. The Hall–Kier alpha value is -1.38. The van der Waals surface area contributed by atoms with Gasteiger partial charge in [0, 0.05) is 6.07 Å². The van der Waals surface area contributed by atoms with Crippen molar-refractivity contribution in [2.24, 2.45) is 0 Å². The van der Waals surface area contributed by atoms with Crippen LogP contribution in [0.5, 0.6) is 0 Å². The lowest BCUT2D eigenvalue weighted by Crippen LogP contribution is -1.97. The molecule has 0 radical (unpaired) electrons. The van der Waals surface area contributed by atoms with Gasteiger partial charge in [0.15, 0.2) is 0 Å². The van der Waals surface area contributed by atoms with Crippen LogP contribution in [-0.4, -0.2) is 6.61 Å². The lowest BCUT2D eigenvalue weighted by Gasteiger charge is -2.10. The molecule has 0 heterocycles. The third kappa shape index (κ3) is 3.33. The van der Waals surface area contributed by atoms with E-state index in [4.69, 9.17) is 4.74 Å². The summed E-state index contributed by atoms with van der Waals surface area (Å²) in [6.45, 7) is 4.37. The molecule has 0 aromatic heterocycles. The fraction of sp³-hybridized carbons (Fsp3) is 0.385. The molecule has 0 saturated heterocycles. The highest BCUT2D eigenvalue weighted by atomic mass is 19.1. The number of rotatable bonds is 5. The normalized spacial score (nSPS) is 11.6. The van der Waals surface area contributed by atoms with Crippen molar-refractivity contribution in [3.8, 4) is 0 Å². The van der Waals surface area contributed by atoms with E-state index in [1.807, 2.05) is 0 Å². The Bertz CT molecular complexity index is 372. The van der Waals surface area contributed by atoms with Crippen LogP contribution in [0.1, 0.15) is 32.3 Å². The van der Waals surface area contributed by atoms with Crippen molar-refractivity contribution in [2.45, 2.75) is 26.7 Å². The maximum atomic E-state index is 13.4. The summed E-state index contributed by atoms with van der Waals surface area (Å²) in [6, 6.07) is 3.49. The highest BCUT2D eigenvalue weighted by Gasteiger charge is 2.09. The second-order valence-electron chi connectivity index (χ2n) is 3.48. The van der Waals surface area contributed by atoms with Crippen LogP contribution in [0.2, 0.25) is 0 Å². The Morgan fingerprint density at radius 2 is 2.12 bits per heavy atom. The number of unbranched alkanes of at least 4 members (excludes halogenated alkanes) is 1. The minimum atomic E-state index is -0.593. The van der Waals surface area contributed by atoms with Gasteiger partial charge < -0.3 is 4.74 Å². The average Bonchev–Trinajstić information content (AvgIpc) is 2.26. The lowest BCUT2D eigenvalue weighted by molar-refractivity contribution is 0.268. The number of ether oxygens (including phenoxy) is 1. The number of hydrogen-bond donors (Lipinski definition) is 0. The highest BCUT2D eigenvalue weighted by Crippen LogP contribution is 2.20. The van der Waals surface area contributed by atoms with Gasteiger partial charge in [0.1, 0.15) is 17.4 Å². The molecule has 1 rings (SSSR count). The molecule has 1 nitrogen and oxygen atoms in total. The molecule has 0 unspecified atom stereocenters. The van der Waals surface area contributed by atoms with Gasteiger partial charge in [0.2, 0.25) is 0 Å². The lowest BCUT2D eigenvalue weighted by atomic mass is 10.1. The SMILES string of the molecule is CC=C(OCCCC)c1ccc(F)cc1F. The molecule has 1 aromatic carbocycles. The molecule has 0 spiro atoms. The van der Waals surface area contributed by atoms with Crippen LogP contribution in [0.15, 0.2) is 24.3 Å². The van der Waals surface area contributed by atoms with Crippen LogP contribution in [0.25, 0.3) is 5.76 Å². The topological polar surface area (TPSA) is 9.23 Å². The molecule has 0 aliphatic carbocycles. The molecule has 1 aromatic rings. The van der Waals surface area contributed by atoms with Crippen molar-refractivity contribution in [3.63, 3.8) is 0 Å². The summed E-state index contributed by atoms with van der Waals surface area (Å²) < 4.78 is 31.6. The number of allylic oxidation sites excluding steroid dienone is 1. The van der Waals surface area contributed by atoms with E-state index in [9.17, 15) is 8.78 Å². The Morgan fingerprint density at radius 3 is 2.69 bits per heavy atom. The first-order valence-corrected chi connectivity index (χ1v) is 5.43. The maximum Gasteiger partial charge on any atom is 0.137 e. The van der Waals surface area contributed by atoms with Crippen molar-refractivity contribution < 1.29 is 13.5 Å². The van der Waals surface area contributed by atoms with Crippen LogP contribution in [-0.2, 0) is 4.74 Å². The van der Waals surface area contributed by atoms with Gasteiger partial charge in [-0.2, -0.15) is 0 Å². The smallest absolute Gasteiger partial charge is 0.137 e. The summed E-state index contributed by atoms with van der Waals surface area (Å²) in [5, 5.41) is 0. The maximum absolute atomic E-state index is 13.4. The minimum Gasteiger partial charge on any atom is -0.493 e. The largest absolute Gasteiger partial charge is 0.493 e. The van der Waals surface area contributed by atoms with Crippen molar-refractivity contribution in [1.29, 1.82) is 0 Å². The number of benzene rings is 1. The molecule has 0 N–H and O–H groups in total. The second-order valence-corrected chi connectivity index (χ2v) is 3.48. The molecule has 3 heteroatoms. The highest BCUT2D eigenvalue weighted by molar-refractivity contribution is 5.59. The Kier molecular flexibility index (Phi) is 4.96. The van der Waals surface area contributed by atoms with E-state index in [-0.39, 0.29) is 0 Å². The summed E-state index contributed by atoms with van der Waals surface area (Å²) in [5.41, 5.74) is 0.306. The minimum absolute atomic E-state index is 0.306. The van der Waals surface area contributed by atoms with Gasteiger partial charge in [-0.3, -0.25) is 0 Å². The molecule has 0 amide bonds. The van der Waals surface area contributed by atoms with Crippen molar-refractivity contribution in [2.75, 3.05) is 6.61 Å². The van der Waals surface area contributed by atoms with E-state index in [1.165, 1.54) is 12.1 Å². The number of halogens is 2. The predicted octanol–water partition coefficient (Wildman–Crippen LogP) is 4.14. The van der Waals surface area contributed by atoms with Crippen LogP contribution in [0, 0.1) is 11.6 Å². The molecule has 0 fully saturated rings. The molecule has 0 saturated carbocycles. The van der Waals surface area contributed by atoms with E-state index in [1.54, 1.807) is 13.0 Å². The Morgan fingerprint density at radius 1 is 1.38 bits per heavy atom. The van der Waals surface area contributed by atoms with Gasteiger partial charge in [0.25, 0.3) is 0 Å². The Balaban J connectivity index is 2.80. The van der Waals surface area contributed by atoms with Gasteiger partial charge in [-0.25, -0.2) is 8.78 Å². The molecular formula is C13H16F2O. The quantitative estimate of drug-likeness (QED) is 0.541. The third-order valence-electron chi connectivity index (χ3n) is 2.21. The molecule has 16 heavy (non-hydrogen) atoms. The van der Waals surface area contributed by atoms with Gasteiger partial charge in [-0.1, -0.05) is 13.3 Å². The van der Waals surface area contributed by atoms with Crippen molar-refractivity contribution in [1.82, 2.24) is 0 Å². The predicted molar refractivity (Wildman–Crippen MR) is 60.9 cm³/mol. The fourth-order valence-corrected chi connectivity index (χ4v) is 1.33. The van der Waals surface area contributed by atoms with E-state index in [0.29, 0.717) is 17.9 Å². The van der Waals surface area contributed by atoms with Crippen molar-refractivity contribution >= 4 is 5.76 Å². The van der Waals surface area contributed by atoms with E-state index in [2.05, 4.69) is 6.92 Å². The summed E-state index contributed by atoms with van der Waals surface area (Å²) in [5.74, 6) is -0.708. The monoisotopic (exact) mass is 226 g/mol. The first-order valence-electron chi connectivity index (χ1n) is 5.43. The first kappa shape index (κ1) is 12.7. The zero-order valence-corrected chi connectivity index (χ0v) is 9.59. The molecule has 0 atom stereocenters. The van der Waals surface area contributed by atoms with Gasteiger partial charge >= 0.3 is 0 Å². The third-order valence-corrected chi connectivity index (χ3v) is 2.21. The summed E-state index contributed by atoms with van der Waals surface area (Å²) in [6.07, 6.45) is 3.62. The first-order chi connectivity index (χ1) is 7.69. The van der Waals surface area contributed by atoms with E-state index < -0.39 is 11.6 Å². The van der Waals surface area contributed by atoms with Crippen LogP contribution >= 0.6 is 0 Å². The van der Waals surface area contributed by atoms with Gasteiger partial charge in [-0.15, -0.1) is 0 Å². The van der Waals surface area contributed by atoms with Crippen LogP contribution < -0.4 is 0 Å². The van der Waals surface area contributed by atoms with E-state index in [0.717, 1.165) is 18.9 Å². The molecule has 0 aliphatic heterocycles. The van der Waals surface area contributed by atoms with Crippen LogP contribution in [0.4, 0.5) is 8.78 Å². The molecular weight excluding hydrogens is 210 g/mol. The molecule has 0 aliphatic rings. The summed E-state index contributed by atoms with van der Waals surface area (Å²) in [7, 11) is 0.